The van der Waals surface area contributed by atoms with E-state index in [1.165, 1.54) is 6.07 Å². The Hall–Kier alpha value is -3.28. The summed E-state index contributed by atoms with van der Waals surface area (Å²) in [5, 5.41) is 9.88. The van der Waals surface area contributed by atoms with E-state index < -0.39 is 0 Å². The van der Waals surface area contributed by atoms with Crippen LogP contribution >= 0.6 is 0 Å². The molecule has 3 aromatic rings. The van der Waals surface area contributed by atoms with Crippen LogP contribution in [0.1, 0.15) is 27.3 Å². The van der Waals surface area contributed by atoms with Crippen LogP contribution in [0, 0.1) is 6.92 Å². The number of phenolic OH excluding ortho intramolecular Hbond substituents is 1. The third kappa shape index (κ3) is 3.26. The molecule has 0 atom stereocenters. The molecule has 0 aliphatic carbocycles. The van der Waals surface area contributed by atoms with Crippen molar-refractivity contribution in [2.24, 2.45) is 0 Å². The molecular formula is C21H21N3O3. The Bertz CT molecular complexity index is 992. The van der Waals surface area contributed by atoms with Crippen LogP contribution in [0.3, 0.4) is 0 Å². The maximum absolute atomic E-state index is 12.8. The zero-order valence-electron chi connectivity index (χ0n) is 15.3. The average Bonchev–Trinajstić information content (AvgIpc) is 3.13. The van der Waals surface area contributed by atoms with E-state index in [4.69, 9.17) is 9.72 Å². The van der Waals surface area contributed by atoms with Gasteiger partial charge in [0.25, 0.3) is 5.91 Å². The Morgan fingerprint density at radius 2 is 2.00 bits per heavy atom. The molecule has 0 fully saturated rings. The summed E-state index contributed by atoms with van der Waals surface area (Å²) in [6.45, 7) is 2.89. The third-order valence-electron chi connectivity index (χ3n) is 4.94. The van der Waals surface area contributed by atoms with Gasteiger partial charge in [-0.05, 0) is 48.9 Å². The molecule has 1 aliphatic heterocycles. The average molecular weight is 363 g/mol. The van der Waals surface area contributed by atoms with Crippen molar-refractivity contribution in [3.05, 3.63) is 65.0 Å². The van der Waals surface area contributed by atoms with Crippen molar-refractivity contribution in [3.8, 4) is 22.9 Å². The fourth-order valence-corrected chi connectivity index (χ4v) is 3.28. The predicted molar refractivity (Wildman–Crippen MR) is 102 cm³/mol. The van der Waals surface area contributed by atoms with Crippen molar-refractivity contribution in [2.75, 3.05) is 13.7 Å². The number of nitrogens with zero attached hydrogens (tertiary/aromatic N) is 2. The van der Waals surface area contributed by atoms with E-state index in [1.54, 1.807) is 24.1 Å². The lowest BCUT2D eigenvalue weighted by Crippen LogP contribution is -2.36. The van der Waals surface area contributed by atoms with Crippen molar-refractivity contribution < 1.29 is 14.6 Å². The molecule has 6 heteroatoms. The number of rotatable bonds is 3. The molecule has 4 rings (SSSR count). The molecule has 0 saturated carbocycles. The molecule has 0 saturated heterocycles. The first-order chi connectivity index (χ1) is 13.0. The van der Waals surface area contributed by atoms with Gasteiger partial charge in [0.05, 0.1) is 25.0 Å². The summed E-state index contributed by atoms with van der Waals surface area (Å²) < 4.78 is 5.19. The van der Waals surface area contributed by atoms with Crippen molar-refractivity contribution in [1.82, 2.24) is 14.9 Å². The van der Waals surface area contributed by atoms with Gasteiger partial charge in [-0.15, -0.1) is 0 Å². The maximum atomic E-state index is 12.8. The van der Waals surface area contributed by atoms with E-state index in [1.807, 2.05) is 31.2 Å². The lowest BCUT2D eigenvalue weighted by atomic mass is 10.1. The normalized spacial score (nSPS) is 13.3. The number of aromatic amines is 1. The molecule has 2 heterocycles. The molecule has 0 bridgehead atoms. The number of aryl methyl sites for hydroxylation is 1. The van der Waals surface area contributed by atoms with Gasteiger partial charge in [0.1, 0.15) is 17.3 Å². The Kier molecular flexibility index (Phi) is 4.32. The van der Waals surface area contributed by atoms with Gasteiger partial charge in [-0.25, -0.2) is 4.98 Å². The fourth-order valence-electron chi connectivity index (χ4n) is 3.28. The number of methoxy groups -OCH3 is 1. The minimum Gasteiger partial charge on any atom is -0.508 e. The molecule has 1 aromatic heterocycles. The summed E-state index contributed by atoms with van der Waals surface area (Å²) >= 11 is 0. The summed E-state index contributed by atoms with van der Waals surface area (Å²) in [5.41, 5.74) is 4.18. The van der Waals surface area contributed by atoms with Crippen LogP contribution in [-0.2, 0) is 13.0 Å². The fraction of sp³-hybridized carbons (Fsp3) is 0.238. The molecule has 0 spiro atoms. The number of aromatic hydroxyl groups is 1. The largest absolute Gasteiger partial charge is 0.508 e. The number of H-pyrrole nitrogens is 1. The monoisotopic (exact) mass is 363 g/mol. The summed E-state index contributed by atoms with van der Waals surface area (Å²) in [5.74, 6) is 1.65. The molecule has 6 nitrogen and oxygen atoms in total. The topological polar surface area (TPSA) is 78.5 Å². The molecule has 1 amide bonds. The highest BCUT2D eigenvalue weighted by atomic mass is 16.5. The van der Waals surface area contributed by atoms with Gasteiger partial charge in [-0.3, -0.25) is 4.79 Å². The lowest BCUT2D eigenvalue weighted by molar-refractivity contribution is 0.0731. The first kappa shape index (κ1) is 17.1. The first-order valence-electron chi connectivity index (χ1n) is 8.86. The van der Waals surface area contributed by atoms with Gasteiger partial charge in [-0.1, -0.05) is 6.07 Å². The zero-order valence-corrected chi connectivity index (χ0v) is 15.3. The number of carbonyl (C=O) groups is 1. The molecule has 138 valence electrons. The van der Waals surface area contributed by atoms with Crippen LogP contribution in [0.2, 0.25) is 0 Å². The van der Waals surface area contributed by atoms with E-state index >= 15 is 0 Å². The van der Waals surface area contributed by atoms with Crippen LogP contribution in [0.4, 0.5) is 0 Å². The minimum absolute atomic E-state index is 0.0865. The minimum atomic E-state index is -0.0865. The van der Waals surface area contributed by atoms with E-state index in [2.05, 4.69) is 4.98 Å². The molecule has 0 unspecified atom stereocenters. The molecule has 2 N–H and O–H groups in total. The third-order valence-corrected chi connectivity index (χ3v) is 4.94. The molecule has 27 heavy (non-hydrogen) atoms. The number of phenols is 1. The van der Waals surface area contributed by atoms with Gasteiger partial charge in [-0.2, -0.15) is 0 Å². The second-order valence-electron chi connectivity index (χ2n) is 6.72. The second kappa shape index (κ2) is 6.79. The van der Waals surface area contributed by atoms with Gasteiger partial charge in [0.2, 0.25) is 0 Å². The van der Waals surface area contributed by atoms with Crippen LogP contribution in [0.5, 0.6) is 11.5 Å². The van der Waals surface area contributed by atoms with Crippen LogP contribution in [0.15, 0.2) is 42.5 Å². The highest BCUT2D eigenvalue weighted by molar-refractivity contribution is 5.94. The van der Waals surface area contributed by atoms with Crippen molar-refractivity contribution in [3.63, 3.8) is 0 Å². The van der Waals surface area contributed by atoms with Crippen molar-refractivity contribution in [2.45, 2.75) is 19.9 Å². The number of imidazole rings is 1. The Labute approximate surface area is 157 Å². The Balaban J connectivity index is 1.55. The molecular weight excluding hydrogens is 342 g/mol. The standard InChI is InChI=1S/C21H21N3O3/c1-13-3-4-15(11-19(13)25)21(26)24-10-9-17-18(12-24)23-20(22-17)14-5-7-16(27-2)8-6-14/h3-8,11,25H,9-10,12H2,1-2H3,(H,22,23). The second-order valence-corrected chi connectivity index (χ2v) is 6.72. The van der Waals surface area contributed by atoms with Crippen LogP contribution in [-0.4, -0.2) is 39.5 Å². The highest BCUT2D eigenvalue weighted by Gasteiger charge is 2.25. The van der Waals surface area contributed by atoms with E-state index in [9.17, 15) is 9.90 Å². The Morgan fingerprint density at radius 1 is 1.22 bits per heavy atom. The zero-order chi connectivity index (χ0) is 19.0. The number of hydrogen-bond acceptors (Lipinski definition) is 4. The smallest absolute Gasteiger partial charge is 0.254 e. The van der Waals surface area contributed by atoms with Crippen LogP contribution in [0.25, 0.3) is 11.4 Å². The van der Waals surface area contributed by atoms with E-state index in [0.29, 0.717) is 25.1 Å². The number of fused-ring (bicyclic) bond motifs is 1. The number of aromatic nitrogens is 2. The SMILES string of the molecule is COc1ccc(-c2nc3c([nH]2)CN(C(=O)c2ccc(C)c(O)c2)CC3)cc1. The van der Waals surface area contributed by atoms with E-state index in [0.717, 1.165) is 34.1 Å². The molecule has 0 radical (unpaired) electrons. The van der Waals surface area contributed by atoms with Crippen molar-refractivity contribution >= 4 is 5.91 Å². The quantitative estimate of drug-likeness (QED) is 0.748. The van der Waals surface area contributed by atoms with Crippen LogP contribution < -0.4 is 4.74 Å². The maximum Gasteiger partial charge on any atom is 0.254 e. The number of ether oxygens (including phenoxy) is 1. The summed E-state index contributed by atoms with van der Waals surface area (Å²) in [4.78, 5) is 22.6. The Morgan fingerprint density at radius 3 is 2.70 bits per heavy atom. The van der Waals surface area contributed by atoms with Gasteiger partial charge in [0, 0.05) is 24.1 Å². The number of hydrogen-bond donors (Lipinski definition) is 2. The van der Waals surface area contributed by atoms with Gasteiger partial charge in [0.15, 0.2) is 0 Å². The lowest BCUT2D eigenvalue weighted by Gasteiger charge is -2.26. The molecule has 2 aromatic carbocycles. The van der Waals surface area contributed by atoms with Gasteiger partial charge >= 0.3 is 0 Å². The van der Waals surface area contributed by atoms with Gasteiger partial charge < -0.3 is 19.7 Å². The predicted octanol–water partition coefficient (Wildman–Crippen LogP) is 3.30. The highest BCUT2D eigenvalue weighted by Crippen LogP contribution is 2.26. The van der Waals surface area contributed by atoms with Crippen molar-refractivity contribution in [1.29, 1.82) is 0 Å². The number of nitrogens with one attached hydrogen (secondary N) is 1. The van der Waals surface area contributed by atoms with E-state index in [-0.39, 0.29) is 11.7 Å². The summed E-state index contributed by atoms with van der Waals surface area (Å²) in [7, 11) is 1.64. The first-order valence-corrected chi connectivity index (χ1v) is 8.86. The number of carbonyl (C=O) groups excluding carboxylic acids is 1. The number of amides is 1. The summed E-state index contributed by atoms with van der Waals surface area (Å²) in [6.07, 6.45) is 0.700. The summed E-state index contributed by atoms with van der Waals surface area (Å²) in [6, 6.07) is 12.8. The number of benzene rings is 2. The molecule has 1 aliphatic rings.